The van der Waals surface area contributed by atoms with E-state index in [1.807, 2.05) is 0 Å². The van der Waals surface area contributed by atoms with Gasteiger partial charge in [0, 0.05) is 11.6 Å². The summed E-state index contributed by atoms with van der Waals surface area (Å²) in [5.74, 6) is 0. The van der Waals surface area contributed by atoms with Gasteiger partial charge in [-0.25, -0.2) is 0 Å². The Balaban J connectivity index is 2.11. The highest BCUT2D eigenvalue weighted by Gasteiger charge is 2.17. The van der Waals surface area contributed by atoms with Crippen LogP contribution in [0, 0.1) is 4.77 Å². The van der Waals surface area contributed by atoms with Crippen LogP contribution in [0.1, 0.15) is 12.8 Å². The Morgan fingerprint density at radius 1 is 1.53 bits per heavy atom. The molecule has 2 heterocycles. The van der Waals surface area contributed by atoms with E-state index < -0.39 is 0 Å². The average molecular weight is 297 g/mol. The molecule has 2 aromatic rings. The third kappa shape index (κ3) is 2.45. The summed E-state index contributed by atoms with van der Waals surface area (Å²) >= 11 is 11.2. The van der Waals surface area contributed by atoms with Gasteiger partial charge < -0.3 is 9.72 Å². The summed E-state index contributed by atoms with van der Waals surface area (Å²) in [6.45, 7) is 1.27. The van der Waals surface area contributed by atoms with Crippen molar-refractivity contribution in [2.24, 2.45) is 0 Å². The fourth-order valence-electron chi connectivity index (χ4n) is 2.38. The molecule has 19 heavy (non-hydrogen) atoms. The van der Waals surface area contributed by atoms with Crippen molar-refractivity contribution >= 4 is 34.7 Å². The Morgan fingerprint density at radius 2 is 2.37 bits per heavy atom. The predicted octanol–water partition coefficient (Wildman–Crippen LogP) is 2.89. The zero-order valence-corrected chi connectivity index (χ0v) is 11.8. The van der Waals surface area contributed by atoms with Crippen molar-refractivity contribution in [2.45, 2.75) is 25.5 Å². The smallest absolute Gasteiger partial charge is 0.262 e. The minimum absolute atomic E-state index is 0.0811. The maximum Gasteiger partial charge on any atom is 0.262 e. The maximum atomic E-state index is 12.4. The second-order valence-electron chi connectivity index (χ2n) is 4.67. The summed E-state index contributed by atoms with van der Waals surface area (Å²) in [6, 6.07) is 5.14. The van der Waals surface area contributed by atoms with Crippen molar-refractivity contribution in [1.82, 2.24) is 9.55 Å². The number of H-pyrrole nitrogens is 1. The summed E-state index contributed by atoms with van der Waals surface area (Å²) in [5.41, 5.74) is 0.581. The molecule has 1 atom stereocenters. The highest BCUT2D eigenvalue weighted by atomic mass is 35.5. The van der Waals surface area contributed by atoms with Crippen LogP contribution < -0.4 is 5.56 Å². The summed E-state index contributed by atoms with van der Waals surface area (Å²) < 4.78 is 7.54. The Bertz CT molecular complexity index is 731. The number of fused-ring (bicyclic) bond motifs is 1. The van der Waals surface area contributed by atoms with E-state index in [9.17, 15) is 4.79 Å². The quantitative estimate of drug-likeness (QED) is 0.867. The number of ether oxygens (including phenoxy) is 1. The molecule has 1 fully saturated rings. The lowest BCUT2D eigenvalue weighted by Gasteiger charge is -2.12. The maximum absolute atomic E-state index is 12.4. The molecular formula is C13H13ClN2O2S. The highest BCUT2D eigenvalue weighted by Crippen LogP contribution is 2.16. The molecule has 3 rings (SSSR count). The molecule has 0 unspecified atom stereocenters. The van der Waals surface area contributed by atoms with Gasteiger partial charge in [-0.2, -0.15) is 0 Å². The molecular weight excluding hydrogens is 284 g/mol. The molecule has 0 radical (unpaired) electrons. The standard InChI is InChI=1S/C13H13ClN2O2S/c14-8-3-4-10-11(6-8)15-13(19)16(12(10)17)7-9-2-1-5-18-9/h3-4,6,9H,1-2,5,7H2,(H,15,19)/t9-/m1/s1. The molecule has 0 amide bonds. The fourth-order valence-corrected chi connectivity index (χ4v) is 2.82. The lowest BCUT2D eigenvalue weighted by atomic mass is 10.2. The Labute approximate surface area is 120 Å². The van der Waals surface area contributed by atoms with Gasteiger partial charge in [0.1, 0.15) is 0 Å². The van der Waals surface area contributed by atoms with Crippen LogP contribution in [0.3, 0.4) is 0 Å². The van der Waals surface area contributed by atoms with Crippen molar-refractivity contribution in [2.75, 3.05) is 6.61 Å². The molecule has 0 spiro atoms. The number of rotatable bonds is 2. The van der Waals surface area contributed by atoms with E-state index in [0.717, 1.165) is 19.4 Å². The first kappa shape index (κ1) is 12.8. The van der Waals surface area contributed by atoms with Gasteiger partial charge in [0.15, 0.2) is 4.77 Å². The van der Waals surface area contributed by atoms with Crippen LogP contribution in [0.2, 0.25) is 5.02 Å². The zero-order valence-electron chi connectivity index (χ0n) is 10.2. The van der Waals surface area contributed by atoms with Gasteiger partial charge in [-0.1, -0.05) is 11.6 Å². The highest BCUT2D eigenvalue weighted by molar-refractivity contribution is 7.71. The first-order valence-corrected chi connectivity index (χ1v) is 6.98. The molecule has 1 aromatic heterocycles. The Morgan fingerprint density at radius 3 is 3.11 bits per heavy atom. The first-order chi connectivity index (χ1) is 9.15. The van der Waals surface area contributed by atoms with Crippen molar-refractivity contribution in [3.05, 3.63) is 38.3 Å². The zero-order chi connectivity index (χ0) is 13.4. The van der Waals surface area contributed by atoms with E-state index in [1.54, 1.807) is 22.8 Å². The third-order valence-corrected chi connectivity index (χ3v) is 3.91. The molecule has 1 aliphatic rings. The number of hydrogen-bond acceptors (Lipinski definition) is 3. The van der Waals surface area contributed by atoms with Crippen molar-refractivity contribution in [3.63, 3.8) is 0 Å². The summed E-state index contributed by atoms with van der Waals surface area (Å²) in [4.78, 5) is 15.5. The summed E-state index contributed by atoms with van der Waals surface area (Å²) in [7, 11) is 0. The van der Waals surface area contributed by atoms with E-state index in [1.165, 1.54) is 0 Å². The largest absolute Gasteiger partial charge is 0.376 e. The number of benzene rings is 1. The summed E-state index contributed by atoms with van der Waals surface area (Å²) in [5, 5.41) is 1.17. The topological polar surface area (TPSA) is 47.0 Å². The van der Waals surface area contributed by atoms with Crippen molar-refractivity contribution < 1.29 is 4.74 Å². The first-order valence-electron chi connectivity index (χ1n) is 6.19. The minimum Gasteiger partial charge on any atom is -0.376 e. The van der Waals surface area contributed by atoms with Crippen LogP contribution >= 0.6 is 23.8 Å². The molecule has 0 saturated carbocycles. The Kier molecular flexibility index (Phi) is 3.43. The fraction of sp³-hybridized carbons (Fsp3) is 0.385. The lowest BCUT2D eigenvalue weighted by Crippen LogP contribution is -2.27. The van der Waals surface area contributed by atoms with E-state index in [2.05, 4.69) is 4.98 Å². The lowest BCUT2D eigenvalue weighted by molar-refractivity contribution is 0.0957. The van der Waals surface area contributed by atoms with Gasteiger partial charge in [-0.15, -0.1) is 0 Å². The Hall–Kier alpha value is -1.17. The van der Waals surface area contributed by atoms with Crippen LogP contribution in [0.4, 0.5) is 0 Å². The van der Waals surface area contributed by atoms with Gasteiger partial charge in [-0.3, -0.25) is 9.36 Å². The van der Waals surface area contributed by atoms with E-state index >= 15 is 0 Å². The molecule has 4 nitrogen and oxygen atoms in total. The second-order valence-corrected chi connectivity index (χ2v) is 5.49. The molecule has 1 saturated heterocycles. The number of aromatic nitrogens is 2. The van der Waals surface area contributed by atoms with Gasteiger partial charge in [0.25, 0.3) is 5.56 Å². The number of nitrogens with one attached hydrogen (secondary N) is 1. The molecule has 1 aliphatic heterocycles. The third-order valence-electron chi connectivity index (χ3n) is 3.35. The molecule has 0 aliphatic carbocycles. The minimum atomic E-state index is -0.0917. The second kappa shape index (κ2) is 5.07. The van der Waals surface area contributed by atoms with E-state index in [-0.39, 0.29) is 11.7 Å². The van der Waals surface area contributed by atoms with Crippen molar-refractivity contribution in [1.29, 1.82) is 0 Å². The molecule has 0 bridgehead atoms. The van der Waals surface area contributed by atoms with Crippen LogP contribution in [-0.2, 0) is 11.3 Å². The van der Waals surface area contributed by atoms with Crippen LogP contribution in [-0.4, -0.2) is 22.3 Å². The number of halogens is 1. The van der Waals surface area contributed by atoms with Gasteiger partial charge in [0.2, 0.25) is 0 Å². The average Bonchev–Trinajstić information content (AvgIpc) is 2.87. The van der Waals surface area contributed by atoms with Crippen molar-refractivity contribution in [3.8, 4) is 0 Å². The van der Waals surface area contributed by atoms with Crippen LogP contribution in [0.5, 0.6) is 0 Å². The normalized spacial score (nSPS) is 19.1. The van der Waals surface area contributed by atoms with Gasteiger partial charge >= 0.3 is 0 Å². The van der Waals surface area contributed by atoms with Gasteiger partial charge in [0.05, 0.1) is 23.6 Å². The molecule has 1 N–H and O–H groups in total. The summed E-state index contributed by atoms with van der Waals surface area (Å²) in [6.07, 6.45) is 2.09. The van der Waals surface area contributed by atoms with Crippen LogP contribution in [0.15, 0.2) is 23.0 Å². The SMILES string of the molecule is O=c1c2ccc(Cl)cc2[nH]c(=S)n1C[C@H]1CCCO1. The molecule has 1 aromatic carbocycles. The van der Waals surface area contributed by atoms with E-state index in [0.29, 0.717) is 27.2 Å². The molecule has 6 heteroatoms. The number of aromatic amines is 1. The van der Waals surface area contributed by atoms with Crippen LogP contribution in [0.25, 0.3) is 10.9 Å². The number of nitrogens with zero attached hydrogens (tertiary/aromatic N) is 1. The monoisotopic (exact) mass is 296 g/mol. The number of hydrogen-bond donors (Lipinski definition) is 1. The predicted molar refractivity (Wildman–Crippen MR) is 77.4 cm³/mol. The van der Waals surface area contributed by atoms with Gasteiger partial charge in [-0.05, 0) is 43.3 Å². The van der Waals surface area contributed by atoms with E-state index in [4.69, 9.17) is 28.6 Å². The molecule has 100 valence electrons.